The minimum atomic E-state index is -0.116. The highest BCUT2D eigenvalue weighted by Crippen LogP contribution is 2.28. The van der Waals surface area contributed by atoms with E-state index in [1.807, 2.05) is 12.1 Å². The number of carbonyl (C=O) groups is 2. The van der Waals surface area contributed by atoms with E-state index in [1.54, 1.807) is 12.1 Å². The van der Waals surface area contributed by atoms with E-state index in [0.29, 0.717) is 11.1 Å². The molecule has 0 saturated carbocycles. The number of amides is 2. The van der Waals surface area contributed by atoms with E-state index in [9.17, 15) is 9.59 Å². The number of hydrogen-bond acceptors (Lipinski definition) is 2. The van der Waals surface area contributed by atoms with Crippen LogP contribution in [0.2, 0.25) is 0 Å². The molecule has 0 spiro atoms. The first kappa shape index (κ1) is 12.2. The van der Waals surface area contributed by atoms with E-state index >= 15 is 0 Å². The second kappa shape index (κ2) is 5.00. The van der Waals surface area contributed by atoms with Gasteiger partial charge in [0, 0.05) is 6.04 Å². The molecule has 0 N–H and O–H groups in total. The second-order valence-electron chi connectivity index (χ2n) is 5.16. The monoisotopic (exact) mass is 255 g/mol. The lowest BCUT2D eigenvalue weighted by Gasteiger charge is -2.26. The minimum Gasteiger partial charge on any atom is -0.271 e. The molecule has 1 aromatic rings. The van der Waals surface area contributed by atoms with Crippen LogP contribution >= 0.6 is 0 Å². The number of nitrogens with zero attached hydrogens (tertiary/aromatic N) is 1. The van der Waals surface area contributed by atoms with Gasteiger partial charge in [0.05, 0.1) is 11.1 Å². The van der Waals surface area contributed by atoms with Crippen LogP contribution in [0.4, 0.5) is 0 Å². The van der Waals surface area contributed by atoms with Gasteiger partial charge in [-0.2, -0.15) is 0 Å². The molecule has 1 heterocycles. The van der Waals surface area contributed by atoms with Gasteiger partial charge >= 0.3 is 0 Å². The highest BCUT2D eigenvalue weighted by molar-refractivity contribution is 6.21. The van der Waals surface area contributed by atoms with Crippen molar-refractivity contribution in [2.45, 2.75) is 38.1 Å². The lowest BCUT2D eigenvalue weighted by Crippen LogP contribution is -2.40. The molecule has 3 heteroatoms. The van der Waals surface area contributed by atoms with Crippen LogP contribution in [0.15, 0.2) is 36.4 Å². The summed E-state index contributed by atoms with van der Waals surface area (Å²) < 4.78 is 0. The molecular weight excluding hydrogens is 238 g/mol. The topological polar surface area (TPSA) is 37.4 Å². The predicted molar refractivity (Wildman–Crippen MR) is 73.0 cm³/mol. The maximum atomic E-state index is 12.4. The van der Waals surface area contributed by atoms with E-state index in [0.717, 1.165) is 32.1 Å². The van der Waals surface area contributed by atoms with Crippen molar-refractivity contribution in [2.75, 3.05) is 0 Å². The van der Waals surface area contributed by atoms with Gasteiger partial charge in [0.15, 0.2) is 0 Å². The third-order valence-corrected chi connectivity index (χ3v) is 3.93. The largest absolute Gasteiger partial charge is 0.271 e. The lowest BCUT2D eigenvalue weighted by atomic mass is 9.99. The first-order chi connectivity index (χ1) is 9.29. The molecule has 3 nitrogen and oxygen atoms in total. The predicted octanol–water partition coefficient (Wildman–Crippen LogP) is 3.17. The molecule has 98 valence electrons. The van der Waals surface area contributed by atoms with Crippen molar-refractivity contribution in [3.05, 3.63) is 47.5 Å². The molecule has 0 fully saturated rings. The number of rotatable bonds is 1. The lowest BCUT2D eigenvalue weighted by molar-refractivity contribution is 0.0566. The summed E-state index contributed by atoms with van der Waals surface area (Å²) in [5, 5.41) is 0. The standard InChI is InChI=1S/C16H17NO2/c18-15-13-10-6-7-11-14(13)16(19)17(15)12-8-4-2-1-3-5-9-12/h1-2,6-7,10-12H,3-5,8-9H2/b2-1-. The molecule has 0 saturated heterocycles. The summed E-state index contributed by atoms with van der Waals surface area (Å²) in [7, 11) is 0. The Morgan fingerprint density at radius 1 is 0.895 bits per heavy atom. The summed E-state index contributed by atoms with van der Waals surface area (Å²) >= 11 is 0. The van der Waals surface area contributed by atoms with E-state index < -0.39 is 0 Å². The molecule has 2 amide bonds. The number of allylic oxidation sites excluding steroid dienone is 2. The average molecular weight is 255 g/mol. The molecule has 0 radical (unpaired) electrons. The Labute approximate surface area is 112 Å². The molecule has 0 aromatic heterocycles. The number of imide groups is 1. The van der Waals surface area contributed by atoms with Crippen LogP contribution in [0.25, 0.3) is 0 Å². The zero-order valence-electron chi connectivity index (χ0n) is 10.8. The van der Waals surface area contributed by atoms with Crippen molar-refractivity contribution in [1.82, 2.24) is 4.90 Å². The Morgan fingerprint density at radius 3 is 2.21 bits per heavy atom. The molecule has 3 rings (SSSR count). The average Bonchev–Trinajstić information content (AvgIpc) is 2.64. The fourth-order valence-corrected chi connectivity index (χ4v) is 2.94. The van der Waals surface area contributed by atoms with Crippen LogP contribution in [0.5, 0.6) is 0 Å². The van der Waals surface area contributed by atoms with Gasteiger partial charge in [0.1, 0.15) is 0 Å². The quantitative estimate of drug-likeness (QED) is 0.571. The fourth-order valence-electron chi connectivity index (χ4n) is 2.94. The van der Waals surface area contributed by atoms with E-state index in [4.69, 9.17) is 0 Å². The normalized spacial score (nSPS) is 24.8. The maximum Gasteiger partial charge on any atom is 0.261 e. The van der Waals surface area contributed by atoms with Crippen LogP contribution in [0.3, 0.4) is 0 Å². The first-order valence-electron chi connectivity index (χ1n) is 6.91. The van der Waals surface area contributed by atoms with E-state index in [1.165, 1.54) is 4.90 Å². The smallest absolute Gasteiger partial charge is 0.261 e. The number of fused-ring (bicyclic) bond motifs is 1. The first-order valence-corrected chi connectivity index (χ1v) is 6.91. The molecule has 1 unspecified atom stereocenters. The number of hydrogen-bond donors (Lipinski definition) is 0. The Bertz CT molecular complexity index is 512. The highest BCUT2D eigenvalue weighted by Gasteiger charge is 2.39. The van der Waals surface area contributed by atoms with E-state index in [2.05, 4.69) is 12.2 Å². The number of benzene rings is 1. The zero-order valence-corrected chi connectivity index (χ0v) is 10.8. The van der Waals surface area contributed by atoms with Crippen molar-refractivity contribution in [1.29, 1.82) is 0 Å². The van der Waals surface area contributed by atoms with Crippen molar-refractivity contribution >= 4 is 11.8 Å². The molecule has 1 aliphatic carbocycles. The van der Waals surface area contributed by atoms with Gasteiger partial charge in [-0.1, -0.05) is 24.3 Å². The Balaban J connectivity index is 1.88. The zero-order chi connectivity index (χ0) is 13.2. The molecule has 1 aromatic carbocycles. The Kier molecular flexibility index (Phi) is 3.20. The van der Waals surface area contributed by atoms with Gasteiger partial charge in [-0.3, -0.25) is 14.5 Å². The van der Waals surface area contributed by atoms with Gasteiger partial charge in [-0.15, -0.1) is 0 Å². The van der Waals surface area contributed by atoms with E-state index in [-0.39, 0.29) is 17.9 Å². The molecule has 1 atom stereocenters. The van der Waals surface area contributed by atoms with Gasteiger partial charge in [-0.05, 0) is 44.2 Å². The summed E-state index contributed by atoms with van der Waals surface area (Å²) in [5.41, 5.74) is 1.12. The SMILES string of the molecule is O=C1c2ccccc2C(=O)N1C1CC/C=C\CCC1. The second-order valence-corrected chi connectivity index (χ2v) is 5.16. The van der Waals surface area contributed by atoms with Crippen molar-refractivity contribution in [2.24, 2.45) is 0 Å². The van der Waals surface area contributed by atoms with Gasteiger partial charge in [-0.25, -0.2) is 0 Å². The molecule has 0 bridgehead atoms. The summed E-state index contributed by atoms with van der Waals surface area (Å²) in [5.74, 6) is -0.231. The summed E-state index contributed by atoms with van der Waals surface area (Å²) in [6.07, 6.45) is 9.16. The molecule has 2 aliphatic rings. The molecule has 19 heavy (non-hydrogen) atoms. The Morgan fingerprint density at radius 2 is 1.53 bits per heavy atom. The van der Waals surface area contributed by atoms with Crippen molar-refractivity contribution < 1.29 is 9.59 Å². The summed E-state index contributed by atoms with van der Waals surface area (Å²) in [4.78, 5) is 26.3. The highest BCUT2D eigenvalue weighted by atomic mass is 16.2. The molecular formula is C16H17NO2. The van der Waals surface area contributed by atoms with Crippen LogP contribution in [0.1, 0.15) is 52.8 Å². The minimum absolute atomic E-state index is 0.0531. The third kappa shape index (κ3) is 2.09. The van der Waals surface area contributed by atoms with Crippen molar-refractivity contribution in [3.8, 4) is 0 Å². The molecule has 1 aliphatic heterocycles. The van der Waals surface area contributed by atoms with Gasteiger partial charge in [0.25, 0.3) is 11.8 Å². The van der Waals surface area contributed by atoms with Crippen LogP contribution in [-0.4, -0.2) is 22.8 Å². The summed E-state index contributed by atoms with van der Waals surface area (Å²) in [6, 6.07) is 7.18. The Hall–Kier alpha value is -1.90. The van der Waals surface area contributed by atoms with Crippen molar-refractivity contribution in [3.63, 3.8) is 0 Å². The summed E-state index contributed by atoms with van der Waals surface area (Å²) in [6.45, 7) is 0. The fraction of sp³-hybridized carbons (Fsp3) is 0.375. The maximum absolute atomic E-state index is 12.4. The van der Waals surface area contributed by atoms with Crippen LogP contribution < -0.4 is 0 Å². The van der Waals surface area contributed by atoms with Gasteiger partial charge < -0.3 is 0 Å². The van der Waals surface area contributed by atoms with Gasteiger partial charge in [0.2, 0.25) is 0 Å². The number of carbonyl (C=O) groups excluding carboxylic acids is 2. The van der Waals surface area contributed by atoms with Crippen LogP contribution in [0, 0.1) is 0 Å². The van der Waals surface area contributed by atoms with Crippen LogP contribution in [-0.2, 0) is 0 Å². The third-order valence-electron chi connectivity index (χ3n) is 3.93.